The molecule has 0 spiro atoms. The molecule has 1 aromatic rings. The highest BCUT2D eigenvalue weighted by Gasteiger charge is 1.93. The summed E-state index contributed by atoms with van der Waals surface area (Å²) in [7, 11) is 0. The molecule has 0 aliphatic carbocycles. The van der Waals surface area contributed by atoms with Gasteiger partial charge in [-0.15, -0.1) is 11.3 Å². The number of halogens is 1. The molecule has 0 aromatic carbocycles. The van der Waals surface area contributed by atoms with Crippen molar-refractivity contribution in [3.8, 4) is 6.07 Å². The van der Waals surface area contributed by atoms with E-state index in [4.69, 9.17) is 5.26 Å². The summed E-state index contributed by atoms with van der Waals surface area (Å²) in [4.78, 5) is 1.12. The fraction of sp³-hybridized carbons (Fsp3) is 0.167. The van der Waals surface area contributed by atoms with Crippen molar-refractivity contribution in [2.24, 2.45) is 0 Å². The van der Waals surface area contributed by atoms with Crippen molar-refractivity contribution < 1.29 is 0 Å². The molecule has 1 aromatic heterocycles. The zero-order valence-corrected chi connectivity index (χ0v) is 7.00. The van der Waals surface area contributed by atoms with Gasteiger partial charge in [0, 0.05) is 14.7 Å². The van der Waals surface area contributed by atoms with Gasteiger partial charge in [0.05, 0.1) is 12.5 Å². The molecule has 0 fully saturated rings. The van der Waals surface area contributed by atoms with Gasteiger partial charge >= 0.3 is 0 Å². The molecule has 0 atom stereocenters. The Balaban J connectivity index is 2.76. The van der Waals surface area contributed by atoms with Gasteiger partial charge in [-0.1, -0.05) is 0 Å². The van der Waals surface area contributed by atoms with Crippen LogP contribution in [0.3, 0.4) is 0 Å². The zero-order chi connectivity index (χ0) is 6.69. The number of hydrogen-bond donors (Lipinski definition) is 0. The van der Waals surface area contributed by atoms with E-state index < -0.39 is 0 Å². The number of nitrogens with zero attached hydrogens (tertiary/aromatic N) is 1. The Kier molecular flexibility index (Phi) is 2.26. The molecular weight excluding hydrogens is 198 g/mol. The second-order valence-corrected chi connectivity index (χ2v) is 3.48. The van der Waals surface area contributed by atoms with Crippen molar-refractivity contribution >= 4 is 27.3 Å². The molecule has 0 saturated carbocycles. The van der Waals surface area contributed by atoms with Gasteiger partial charge in [0.1, 0.15) is 0 Å². The Morgan fingerprint density at radius 2 is 2.56 bits per heavy atom. The van der Waals surface area contributed by atoms with Crippen LogP contribution in [0.5, 0.6) is 0 Å². The van der Waals surface area contributed by atoms with Gasteiger partial charge in [0.2, 0.25) is 0 Å². The van der Waals surface area contributed by atoms with Crippen LogP contribution in [-0.2, 0) is 6.42 Å². The van der Waals surface area contributed by atoms with Crippen LogP contribution in [0.1, 0.15) is 4.88 Å². The van der Waals surface area contributed by atoms with Crippen LogP contribution in [-0.4, -0.2) is 0 Å². The number of hydrogen-bond acceptors (Lipinski definition) is 2. The minimum Gasteiger partial charge on any atom is -0.198 e. The number of thiophene rings is 1. The summed E-state index contributed by atoms with van der Waals surface area (Å²) in [6.45, 7) is 0. The predicted molar refractivity (Wildman–Crippen MR) is 41.3 cm³/mol. The van der Waals surface area contributed by atoms with E-state index >= 15 is 0 Å². The van der Waals surface area contributed by atoms with E-state index in [2.05, 4.69) is 22.0 Å². The first-order chi connectivity index (χ1) is 4.33. The molecule has 1 rings (SSSR count). The Labute approximate surface area is 66.1 Å². The lowest BCUT2D eigenvalue weighted by Crippen LogP contribution is -1.68. The van der Waals surface area contributed by atoms with E-state index in [-0.39, 0.29) is 0 Å². The summed E-state index contributed by atoms with van der Waals surface area (Å²) < 4.78 is 1.07. The maximum atomic E-state index is 8.27. The molecular formula is C6H4BrNS. The van der Waals surface area contributed by atoms with Crippen molar-refractivity contribution in [3.63, 3.8) is 0 Å². The van der Waals surface area contributed by atoms with Crippen LogP contribution in [0, 0.1) is 11.3 Å². The Bertz CT molecular complexity index is 235. The topological polar surface area (TPSA) is 23.8 Å². The fourth-order valence-electron chi connectivity index (χ4n) is 0.524. The Morgan fingerprint density at radius 1 is 1.78 bits per heavy atom. The largest absolute Gasteiger partial charge is 0.198 e. The lowest BCUT2D eigenvalue weighted by atomic mass is 10.4. The first kappa shape index (κ1) is 6.79. The molecule has 1 heterocycles. The van der Waals surface area contributed by atoms with Crippen LogP contribution in [0.2, 0.25) is 0 Å². The van der Waals surface area contributed by atoms with Crippen molar-refractivity contribution in [2.45, 2.75) is 6.42 Å². The smallest absolute Gasteiger partial charge is 0.0696 e. The van der Waals surface area contributed by atoms with Crippen LogP contribution in [0.25, 0.3) is 0 Å². The molecule has 46 valence electrons. The normalized spacial score (nSPS) is 8.89. The van der Waals surface area contributed by atoms with E-state index in [9.17, 15) is 0 Å². The van der Waals surface area contributed by atoms with Gasteiger partial charge in [-0.2, -0.15) is 5.26 Å². The zero-order valence-electron chi connectivity index (χ0n) is 4.60. The third kappa shape index (κ3) is 1.81. The van der Waals surface area contributed by atoms with Gasteiger partial charge in [0.25, 0.3) is 0 Å². The molecule has 1 nitrogen and oxygen atoms in total. The van der Waals surface area contributed by atoms with E-state index in [0.717, 1.165) is 9.35 Å². The van der Waals surface area contributed by atoms with E-state index in [1.807, 2.05) is 11.4 Å². The van der Waals surface area contributed by atoms with Crippen LogP contribution < -0.4 is 0 Å². The van der Waals surface area contributed by atoms with Crippen LogP contribution in [0.15, 0.2) is 15.9 Å². The molecule has 3 heteroatoms. The second-order valence-electron chi connectivity index (χ2n) is 1.57. The number of nitriles is 1. The molecule has 9 heavy (non-hydrogen) atoms. The molecule has 0 amide bonds. The summed E-state index contributed by atoms with van der Waals surface area (Å²) in [6.07, 6.45) is 0.524. The van der Waals surface area contributed by atoms with Crippen molar-refractivity contribution in [1.29, 1.82) is 5.26 Å². The maximum absolute atomic E-state index is 8.27. The summed E-state index contributed by atoms with van der Waals surface area (Å²) >= 11 is 4.91. The summed E-state index contributed by atoms with van der Waals surface area (Å²) in [5.41, 5.74) is 0. The molecule has 0 bridgehead atoms. The minimum absolute atomic E-state index is 0.524. The molecule has 0 N–H and O–H groups in total. The average Bonchev–Trinajstić information content (AvgIpc) is 2.17. The third-order valence-corrected chi connectivity index (χ3v) is 2.57. The molecule has 0 aliphatic rings. The van der Waals surface area contributed by atoms with Gasteiger partial charge < -0.3 is 0 Å². The van der Waals surface area contributed by atoms with Crippen molar-refractivity contribution in [3.05, 3.63) is 20.8 Å². The SMILES string of the molecule is N#CCc1cc(Br)cs1. The Morgan fingerprint density at radius 3 is 3.00 bits per heavy atom. The molecule has 0 radical (unpaired) electrons. The first-order valence-electron chi connectivity index (χ1n) is 2.43. The number of rotatable bonds is 1. The lowest BCUT2D eigenvalue weighted by molar-refractivity contribution is 1.32. The highest BCUT2D eigenvalue weighted by Crippen LogP contribution is 2.19. The van der Waals surface area contributed by atoms with Gasteiger partial charge in [-0.3, -0.25) is 0 Å². The van der Waals surface area contributed by atoms with Gasteiger partial charge in [-0.25, -0.2) is 0 Å². The quantitative estimate of drug-likeness (QED) is 0.686. The highest BCUT2D eigenvalue weighted by molar-refractivity contribution is 9.10. The standard InChI is InChI=1S/C6H4BrNS/c7-5-3-6(1-2-8)9-4-5/h3-4H,1H2. The summed E-state index contributed by atoms with van der Waals surface area (Å²) in [5.74, 6) is 0. The van der Waals surface area contributed by atoms with Crippen LogP contribution >= 0.6 is 27.3 Å². The van der Waals surface area contributed by atoms with Crippen LogP contribution in [0.4, 0.5) is 0 Å². The van der Waals surface area contributed by atoms with Crippen molar-refractivity contribution in [1.82, 2.24) is 0 Å². The predicted octanol–water partition coefficient (Wildman–Crippen LogP) is 2.58. The highest BCUT2D eigenvalue weighted by atomic mass is 79.9. The minimum atomic E-state index is 0.524. The first-order valence-corrected chi connectivity index (χ1v) is 4.10. The summed E-state index contributed by atoms with van der Waals surface area (Å²) in [6, 6.07) is 4.05. The molecule has 0 saturated heterocycles. The lowest BCUT2D eigenvalue weighted by Gasteiger charge is -1.77. The van der Waals surface area contributed by atoms with E-state index in [1.54, 1.807) is 11.3 Å². The van der Waals surface area contributed by atoms with Crippen molar-refractivity contribution in [2.75, 3.05) is 0 Å². The van der Waals surface area contributed by atoms with E-state index in [1.165, 1.54) is 0 Å². The molecule has 0 unspecified atom stereocenters. The second kappa shape index (κ2) is 3.00. The van der Waals surface area contributed by atoms with Gasteiger partial charge in [-0.05, 0) is 22.0 Å². The summed E-state index contributed by atoms with van der Waals surface area (Å²) in [5, 5.41) is 10.2. The molecule has 0 aliphatic heterocycles. The average molecular weight is 202 g/mol. The van der Waals surface area contributed by atoms with Gasteiger partial charge in [0.15, 0.2) is 0 Å². The van der Waals surface area contributed by atoms with E-state index in [0.29, 0.717) is 6.42 Å². The third-order valence-electron chi connectivity index (χ3n) is 0.875. The monoisotopic (exact) mass is 201 g/mol. The maximum Gasteiger partial charge on any atom is 0.0696 e. The Hall–Kier alpha value is -0.330. The fourth-order valence-corrected chi connectivity index (χ4v) is 1.91.